The standard InChI is InChI=1S/C14H21N3O3/c1-2-18-12-8-16-9-13(17-12)20-11-7-14(19-10-11)3-5-15-6-4-14/h8-9,11,15H,2-7,10H2,1H3. The van der Waals surface area contributed by atoms with Crippen LogP contribution in [-0.2, 0) is 4.74 Å². The highest BCUT2D eigenvalue weighted by molar-refractivity contribution is 5.13. The van der Waals surface area contributed by atoms with Gasteiger partial charge in [-0.3, -0.25) is 4.98 Å². The van der Waals surface area contributed by atoms with Gasteiger partial charge in [0.25, 0.3) is 0 Å². The van der Waals surface area contributed by atoms with Crippen LogP contribution in [0, 0.1) is 0 Å². The first-order valence-corrected chi connectivity index (χ1v) is 7.26. The van der Waals surface area contributed by atoms with E-state index in [4.69, 9.17) is 14.2 Å². The van der Waals surface area contributed by atoms with Crippen molar-refractivity contribution in [2.24, 2.45) is 0 Å². The molecule has 110 valence electrons. The number of nitrogens with one attached hydrogen (secondary N) is 1. The zero-order valence-electron chi connectivity index (χ0n) is 11.8. The minimum atomic E-state index is 0.000867. The number of ether oxygens (including phenoxy) is 3. The summed E-state index contributed by atoms with van der Waals surface area (Å²) in [6.45, 7) is 5.15. The van der Waals surface area contributed by atoms with E-state index < -0.39 is 0 Å². The van der Waals surface area contributed by atoms with Crippen molar-refractivity contribution in [3.05, 3.63) is 12.4 Å². The zero-order valence-corrected chi connectivity index (χ0v) is 11.8. The second-order valence-corrected chi connectivity index (χ2v) is 5.32. The van der Waals surface area contributed by atoms with Crippen molar-refractivity contribution in [3.8, 4) is 11.8 Å². The maximum Gasteiger partial charge on any atom is 0.235 e. The lowest BCUT2D eigenvalue weighted by Crippen LogP contribution is -2.41. The molecule has 20 heavy (non-hydrogen) atoms. The summed E-state index contributed by atoms with van der Waals surface area (Å²) in [6, 6.07) is 0. The molecule has 0 amide bonds. The Labute approximate surface area is 118 Å². The summed E-state index contributed by atoms with van der Waals surface area (Å²) >= 11 is 0. The summed E-state index contributed by atoms with van der Waals surface area (Å²) in [4.78, 5) is 8.37. The molecular formula is C14H21N3O3. The number of piperidine rings is 1. The summed E-state index contributed by atoms with van der Waals surface area (Å²) in [5, 5.41) is 3.36. The first-order valence-electron chi connectivity index (χ1n) is 7.26. The molecule has 1 spiro atoms. The summed E-state index contributed by atoms with van der Waals surface area (Å²) in [5.41, 5.74) is 0.000867. The molecule has 0 aliphatic carbocycles. The predicted molar refractivity (Wildman–Crippen MR) is 73.0 cm³/mol. The van der Waals surface area contributed by atoms with Crippen molar-refractivity contribution in [2.75, 3.05) is 26.3 Å². The molecular weight excluding hydrogens is 258 g/mol. The first kappa shape index (κ1) is 13.6. The molecule has 1 N–H and O–H groups in total. The Morgan fingerprint density at radius 1 is 1.35 bits per heavy atom. The van der Waals surface area contributed by atoms with Crippen LogP contribution in [0.15, 0.2) is 12.4 Å². The van der Waals surface area contributed by atoms with E-state index in [2.05, 4.69) is 15.3 Å². The largest absolute Gasteiger partial charge is 0.477 e. The predicted octanol–water partition coefficient (Wildman–Crippen LogP) is 1.17. The van der Waals surface area contributed by atoms with Crippen molar-refractivity contribution < 1.29 is 14.2 Å². The molecule has 0 aromatic carbocycles. The number of nitrogens with zero attached hydrogens (tertiary/aromatic N) is 2. The molecule has 3 rings (SSSR count). The monoisotopic (exact) mass is 279 g/mol. The van der Waals surface area contributed by atoms with Gasteiger partial charge in [0.15, 0.2) is 0 Å². The second kappa shape index (κ2) is 5.93. The van der Waals surface area contributed by atoms with Crippen LogP contribution in [0.25, 0.3) is 0 Å². The van der Waals surface area contributed by atoms with Crippen LogP contribution >= 0.6 is 0 Å². The number of hydrogen-bond acceptors (Lipinski definition) is 6. The highest BCUT2D eigenvalue weighted by Gasteiger charge is 2.42. The minimum absolute atomic E-state index is 0.000867. The van der Waals surface area contributed by atoms with E-state index in [-0.39, 0.29) is 11.7 Å². The van der Waals surface area contributed by atoms with Gasteiger partial charge >= 0.3 is 0 Å². The van der Waals surface area contributed by atoms with Crippen molar-refractivity contribution in [1.82, 2.24) is 15.3 Å². The average Bonchev–Trinajstić information content (AvgIpc) is 2.83. The van der Waals surface area contributed by atoms with Gasteiger partial charge in [-0.15, -0.1) is 0 Å². The number of aromatic nitrogens is 2. The Balaban J connectivity index is 1.60. The molecule has 0 bridgehead atoms. The van der Waals surface area contributed by atoms with Gasteiger partial charge in [0.2, 0.25) is 11.8 Å². The molecule has 0 radical (unpaired) electrons. The molecule has 6 heteroatoms. The molecule has 2 saturated heterocycles. The van der Waals surface area contributed by atoms with Gasteiger partial charge in [-0.1, -0.05) is 0 Å². The summed E-state index contributed by atoms with van der Waals surface area (Å²) < 4.78 is 17.2. The van der Waals surface area contributed by atoms with Gasteiger partial charge in [0.05, 0.1) is 31.2 Å². The molecule has 1 aromatic heterocycles. The van der Waals surface area contributed by atoms with Gasteiger partial charge < -0.3 is 19.5 Å². The van der Waals surface area contributed by atoms with Gasteiger partial charge in [-0.25, -0.2) is 0 Å². The zero-order chi connectivity index (χ0) is 13.8. The van der Waals surface area contributed by atoms with Crippen molar-refractivity contribution in [3.63, 3.8) is 0 Å². The normalized spacial score (nSPS) is 24.8. The first-order chi connectivity index (χ1) is 9.80. The number of hydrogen-bond donors (Lipinski definition) is 1. The Morgan fingerprint density at radius 2 is 2.15 bits per heavy atom. The van der Waals surface area contributed by atoms with Crippen LogP contribution in [0.5, 0.6) is 11.8 Å². The minimum Gasteiger partial charge on any atom is -0.477 e. The highest BCUT2D eigenvalue weighted by atomic mass is 16.6. The fourth-order valence-electron chi connectivity index (χ4n) is 2.89. The van der Waals surface area contributed by atoms with Crippen molar-refractivity contribution in [1.29, 1.82) is 0 Å². The van der Waals surface area contributed by atoms with Crippen LogP contribution in [-0.4, -0.2) is 48.0 Å². The van der Waals surface area contributed by atoms with Crippen LogP contribution in [0.2, 0.25) is 0 Å². The van der Waals surface area contributed by atoms with Crippen LogP contribution in [0.1, 0.15) is 26.2 Å². The Hall–Kier alpha value is -1.40. The van der Waals surface area contributed by atoms with Gasteiger partial charge in [-0.05, 0) is 32.9 Å². The van der Waals surface area contributed by atoms with Crippen LogP contribution < -0.4 is 14.8 Å². The molecule has 1 unspecified atom stereocenters. The second-order valence-electron chi connectivity index (χ2n) is 5.32. The van der Waals surface area contributed by atoms with E-state index in [1.165, 1.54) is 0 Å². The SMILES string of the molecule is CCOc1cncc(OC2COC3(CCNCC3)C2)n1. The van der Waals surface area contributed by atoms with E-state index in [9.17, 15) is 0 Å². The van der Waals surface area contributed by atoms with E-state index >= 15 is 0 Å². The molecule has 0 saturated carbocycles. The summed E-state index contributed by atoms with van der Waals surface area (Å²) in [5.74, 6) is 1.01. The highest BCUT2D eigenvalue weighted by Crippen LogP contribution is 2.35. The van der Waals surface area contributed by atoms with E-state index in [0.717, 1.165) is 32.4 Å². The molecule has 2 aliphatic rings. The molecule has 1 atom stereocenters. The van der Waals surface area contributed by atoms with E-state index in [0.29, 0.717) is 25.0 Å². The average molecular weight is 279 g/mol. The Kier molecular flexibility index (Phi) is 4.03. The third-order valence-electron chi connectivity index (χ3n) is 3.86. The molecule has 3 heterocycles. The fourth-order valence-corrected chi connectivity index (χ4v) is 2.89. The fraction of sp³-hybridized carbons (Fsp3) is 0.714. The molecule has 2 fully saturated rings. The van der Waals surface area contributed by atoms with Crippen LogP contribution in [0.4, 0.5) is 0 Å². The lowest BCUT2D eigenvalue weighted by Gasteiger charge is -2.32. The molecule has 1 aromatic rings. The number of rotatable bonds is 4. The third kappa shape index (κ3) is 3.02. The van der Waals surface area contributed by atoms with Gasteiger partial charge in [0, 0.05) is 6.42 Å². The lowest BCUT2D eigenvalue weighted by atomic mass is 9.89. The lowest BCUT2D eigenvalue weighted by molar-refractivity contribution is -0.0206. The quantitative estimate of drug-likeness (QED) is 0.892. The van der Waals surface area contributed by atoms with E-state index in [1.54, 1.807) is 12.4 Å². The topological polar surface area (TPSA) is 65.5 Å². The Morgan fingerprint density at radius 3 is 2.95 bits per heavy atom. The van der Waals surface area contributed by atoms with Gasteiger partial charge in [0.1, 0.15) is 6.10 Å². The summed E-state index contributed by atoms with van der Waals surface area (Å²) in [7, 11) is 0. The van der Waals surface area contributed by atoms with E-state index in [1.807, 2.05) is 6.92 Å². The third-order valence-corrected chi connectivity index (χ3v) is 3.86. The van der Waals surface area contributed by atoms with Gasteiger partial charge in [-0.2, -0.15) is 4.98 Å². The van der Waals surface area contributed by atoms with Crippen molar-refractivity contribution in [2.45, 2.75) is 37.9 Å². The smallest absolute Gasteiger partial charge is 0.235 e. The maximum atomic E-state index is 6.00. The molecule has 6 nitrogen and oxygen atoms in total. The molecule has 2 aliphatic heterocycles. The maximum absolute atomic E-state index is 6.00. The van der Waals surface area contributed by atoms with Crippen LogP contribution in [0.3, 0.4) is 0 Å². The summed E-state index contributed by atoms with van der Waals surface area (Å²) in [6.07, 6.45) is 6.30. The van der Waals surface area contributed by atoms with Crippen molar-refractivity contribution >= 4 is 0 Å². The Bertz CT molecular complexity index is 449.